The van der Waals surface area contributed by atoms with E-state index < -0.39 is 0 Å². The summed E-state index contributed by atoms with van der Waals surface area (Å²) in [5.41, 5.74) is 0. The van der Waals surface area contributed by atoms with Gasteiger partial charge in [-0.2, -0.15) is 0 Å². The Morgan fingerprint density at radius 1 is 1.08 bits per heavy atom. The molecular weight excluding hydrogens is 156 g/mol. The lowest BCUT2D eigenvalue weighted by atomic mass is 9.99. The van der Waals surface area contributed by atoms with Crippen LogP contribution in [-0.2, 0) is 0 Å². The first-order valence-corrected chi connectivity index (χ1v) is 6.04. The van der Waals surface area contributed by atoms with E-state index in [1.165, 1.54) is 57.8 Å². The molecule has 0 radical (unpaired) electrons. The predicted octanol–water partition coefficient (Wildman–Crippen LogP) is 4.70. The van der Waals surface area contributed by atoms with Crippen molar-refractivity contribution in [3.63, 3.8) is 0 Å². The summed E-state index contributed by atoms with van der Waals surface area (Å²) in [7, 11) is 0. The zero-order valence-corrected chi connectivity index (χ0v) is 9.10. The maximum absolute atomic E-state index is 2.29. The fourth-order valence-electron chi connectivity index (χ4n) is 2.34. The molecule has 0 N–H and O–H groups in total. The van der Waals surface area contributed by atoms with Crippen molar-refractivity contribution in [2.75, 3.05) is 0 Å². The average molecular weight is 180 g/mol. The highest BCUT2D eigenvalue weighted by Crippen LogP contribution is 2.29. The summed E-state index contributed by atoms with van der Waals surface area (Å²) >= 11 is 0. The second-order valence-electron chi connectivity index (χ2n) is 4.36. The summed E-state index contributed by atoms with van der Waals surface area (Å²) in [6.45, 7) is 2.11. The summed E-state index contributed by atoms with van der Waals surface area (Å²) < 4.78 is 0. The van der Waals surface area contributed by atoms with Gasteiger partial charge in [-0.15, -0.1) is 0 Å². The van der Waals surface area contributed by atoms with Crippen LogP contribution in [0.25, 0.3) is 0 Å². The lowest BCUT2D eigenvalue weighted by Crippen LogP contribution is -1.92. The van der Waals surface area contributed by atoms with Gasteiger partial charge in [-0.3, -0.25) is 0 Å². The molecule has 1 fully saturated rings. The molecule has 0 aromatic rings. The van der Waals surface area contributed by atoms with E-state index in [1.807, 2.05) is 0 Å². The fourth-order valence-corrected chi connectivity index (χ4v) is 2.34. The first-order valence-electron chi connectivity index (χ1n) is 6.04. The maximum Gasteiger partial charge on any atom is -0.0351 e. The second-order valence-corrected chi connectivity index (χ2v) is 4.36. The van der Waals surface area contributed by atoms with Crippen LogP contribution in [0.4, 0.5) is 0 Å². The smallest absolute Gasteiger partial charge is 0.0351 e. The Hall–Kier alpha value is -0.260. The molecule has 1 rings (SSSR count). The van der Waals surface area contributed by atoms with E-state index in [4.69, 9.17) is 0 Å². The molecule has 0 spiro atoms. The van der Waals surface area contributed by atoms with E-state index in [9.17, 15) is 0 Å². The van der Waals surface area contributed by atoms with Crippen LogP contribution in [0, 0.1) is 5.92 Å². The van der Waals surface area contributed by atoms with Gasteiger partial charge in [0.2, 0.25) is 0 Å². The molecule has 76 valence electrons. The molecule has 0 heteroatoms. The van der Waals surface area contributed by atoms with Crippen molar-refractivity contribution in [3.8, 4) is 0 Å². The van der Waals surface area contributed by atoms with Crippen molar-refractivity contribution < 1.29 is 0 Å². The van der Waals surface area contributed by atoms with Gasteiger partial charge in [-0.05, 0) is 25.7 Å². The summed E-state index contributed by atoms with van der Waals surface area (Å²) in [4.78, 5) is 0. The van der Waals surface area contributed by atoms with Crippen molar-refractivity contribution in [2.45, 2.75) is 64.7 Å². The molecule has 0 saturated heterocycles. The molecule has 0 amide bonds. The SMILES string of the molecule is C/C=C/CCCCCC1CCCC1. The van der Waals surface area contributed by atoms with Gasteiger partial charge < -0.3 is 0 Å². The van der Waals surface area contributed by atoms with E-state index in [0.29, 0.717) is 0 Å². The van der Waals surface area contributed by atoms with Crippen LogP contribution in [0.5, 0.6) is 0 Å². The molecule has 0 nitrogen and oxygen atoms in total. The molecule has 0 aliphatic heterocycles. The van der Waals surface area contributed by atoms with E-state index >= 15 is 0 Å². The molecule has 0 aromatic heterocycles. The third-order valence-corrected chi connectivity index (χ3v) is 3.19. The number of allylic oxidation sites excluding steroid dienone is 2. The minimum Gasteiger partial charge on any atom is -0.0917 e. The number of unbranched alkanes of at least 4 members (excludes halogenated alkanes) is 3. The van der Waals surface area contributed by atoms with Gasteiger partial charge in [0, 0.05) is 0 Å². The molecule has 0 bridgehead atoms. The van der Waals surface area contributed by atoms with Gasteiger partial charge in [0.05, 0.1) is 0 Å². The van der Waals surface area contributed by atoms with Crippen LogP contribution in [0.2, 0.25) is 0 Å². The summed E-state index contributed by atoms with van der Waals surface area (Å²) in [6, 6.07) is 0. The molecule has 1 aliphatic rings. The molecule has 1 aliphatic carbocycles. The number of rotatable bonds is 6. The Morgan fingerprint density at radius 3 is 2.54 bits per heavy atom. The van der Waals surface area contributed by atoms with Gasteiger partial charge in [0.15, 0.2) is 0 Å². The van der Waals surface area contributed by atoms with Crippen molar-refractivity contribution >= 4 is 0 Å². The molecular formula is C13H24. The second kappa shape index (κ2) is 7.17. The van der Waals surface area contributed by atoms with E-state index in [1.54, 1.807) is 0 Å². The molecule has 0 heterocycles. The normalized spacial score (nSPS) is 18.8. The summed E-state index contributed by atoms with van der Waals surface area (Å²) in [5.74, 6) is 1.10. The van der Waals surface area contributed by atoms with Crippen LogP contribution in [0.3, 0.4) is 0 Å². The minimum atomic E-state index is 1.10. The van der Waals surface area contributed by atoms with Gasteiger partial charge in [-0.25, -0.2) is 0 Å². The zero-order chi connectivity index (χ0) is 9.36. The van der Waals surface area contributed by atoms with Crippen LogP contribution < -0.4 is 0 Å². The van der Waals surface area contributed by atoms with Crippen LogP contribution >= 0.6 is 0 Å². The maximum atomic E-state index is 2.29. The molecule has 0 aromatic carbocycles. The van der Waals surface area contributed by atoms with Crippen LogP contribution in [0.1, 0.15) is 64.7 Å². The van der Waals surface area contributed by atoms with Gasteiger partial charge >= 0.3 is 0 Å². The first kappa shape index (κ1) is 10.8. The lowest BCUT2D eigenvalue weighted by molar-refractivity contribution is 0.468. The largest absolute Gasteiger partial charge is 0.0917 e. The third kappa shape index (κ3) is 5.13. The lowest BCUT2D eigenvalue weighted by Gasteiger charge is -2.07. The highest BCUT2D eigenvalue weighted by Gasteiger charge is 2.13. The first-order chi connectivity index (χ1) is 6.43. The van der Waals surface area contributed by atoms with E-state index in [2.05, 4.69) is 19.1 Å². The quantitative estimate of drug-likeness (QED) is 0.410. The molecule has 0 unspecified atom stereocenters. The monoisotopic (exact) mass is 180 g/mol. The predicted molar refractivity (Wildman–Crippen MR) is 59.9 cm³/mol. The Bertz CT molecular complexity index is 129. The molecule has 1 saturated carbocycles. The van der Waals surface area contributed by atoms with Crippen molar-refractivity contribution in [2.24, 2.45) is 5.92 Å². The zero-order valence-electron chi connectivity index (χ0n) is 9.10. The third-order valence-electron chi connectivity index (χ3n) is 3.19. The van der Waals surface area contributed by atoms with Crippen molar-refractivity contribution in [1.82, 2.24) is 0 Å². The number of hydrogen-bond donors (Lipinski definition) is 0. The summed E-state index contributed by atoms with van der Waals surface area (Å²) in [5, 5.41) is 0. The Kier molecular flexibility index (Phi) is 5.97. The topological polar surface area (TPSA) is 0 Å². The van der Waals surface area contributed by atoms with Gasteiger partial charge in [0.1, 0.15) is 0 Å². The van der Waals surface area contributed by atoms with Crippen molar-refractivity contribution in [1.29, 1.82) is 0 Å². The number of hydrogen-bond acceptors (Lipinski definition) is 0. The Labute approximate surface area is 83.4 Å². The van der Waals surface area contributed by atoms with Gasteiger partial charge in [0.25, 0.3) is 0 Å². The van der Waals surface area contributed by atoms with Crippen LogP contribution in [0.15, 0.2) is 12.2 Å². The summed E-state index contributed by atoms with van der Waals surface area (Å²) in [6.07, 6.45) is 17.6. The minimum absolute atomic E-state index is 1.10. The fraction of sp³-hybridized carbons (Fsp3) is 0.846. The Morgan fingerprint density at radius 2 is 1.85 bits per heavy atom. The highest BCUT2D eigenvalue weighted by molar-refractivity contribution is 4.76. The standard InChI is InChI=1S/C13H24/c1-2-3-4-5-6-7-10-13-11-8-9-12-13/h2-3,13H,4-12H2,1H3/b3-2+. The van der Waals surface area contributed by atoms with E-state index in [0.717, 1.165) is 5.92 Å². The van der Waals surface area contributed by atoms with Crippen molar-refractivity contribution in [3.05, 3.63) is 12.2 Å². The molecule has 0 atom stereocenters. The van der Waals surface area contributed by atoms with Gasteiger partial charge in [-0.1, -0.05) is 57.1 Å². The van der Waals surface area contributed by atoms with E-state index in [-0.39, 0.29) is 0 Å². The molecule has 13 heavy (non-hydrogen) atoms. The average Bonchev–Trinajstić information content (AvgIpc) is 2.63. The Balaban J connectivity index is 1.83. The highest BCUT2D eigenvalue weighted by atomic mass is 14.2. The van der Waals surface area contributed by atoms with Crippen LogP contribution in [-0.4, -0.2) is 0 Å².